The number of ether oxygens (including phenoxy) is 1. The van der Waals surface area contributed by atoms with Crippen LogP contribution in [0.25, 0.3) is 66.8 Å². The van der Waals surface area contributed by atoms with E-state index in [9.17, 15) is 0 Å². The van der Waals surface area contributed by atoms with Gasteiger partial charge in [-0.05, 0) is 211 Å². The molecule has 354 valence electrons. The highest BCUT2D eigenvalue weighted by atomic mass is 16.5. The van der Waals surface area contributed by atoms with E-state index in [0.29, 0.717) is 23.7 Å². The summed E-state index contributed by atoms with van der Waals surface area (Å²) in [5, 5.41) is 0. The van der Waals surface area contributed by atoms with Gasteiger partial charge in [0.05, 0.1) is 11.4 Å². The summed E-state index contributed by atoms with van der Waals surface area (Å²) in [6, 6.07) is 75.3. The summed E-state index contributed by atoms with van der Waals surface area (Å²) in [5.74, 6) is 3.65. The first-order chi connectivity index (χ1) is 34.6. The van der Waals surface area contributed by atoms with Crippen LogP contribution in [-0.4, -0.2) is 0 Å². The van der Waals surface area contributed by atoms with E-state index in [1.807, 2.05) is 0 Å². The Balaban J connectivity index is 1.22. The van der Waals surface area contributed by atoms with Crippen LogP contribution in [0.2, 0.25) is 0 Å². The molecule has 1 heterocycles. The SMILES string of the molecule is CCC(C)c1ccc(-c2cc(-c3ccc(C(C)C)cc3)cc(-c3cc(-c4cc(-c5ccc(C(C)CC)cc5)cc(-c5ccc(C(C)CC)cc5)c4)cc(N4c5ccccc5Oc5ccccc54)c3)c2)cc1. The Bertz CT molecular complexity index is 3170. The monoisotopic (exact) mass is 926 g/mol. The van der Waals surface area contributed by atoms with Gasteiger partial charge in [0.1, 0.15) is 0 Å². The van der Waals surface area contributed by atoms with Gasteiger partial charge in [0, 0.05) is 5.69 Å². The molecule has 1 aliphatic rings. The molecule has 0 spiro atoms. The molecule has 10 rings (SSSR count). The van der Waals surface area contributed by atoms with E-state index < -0.39 is 0 Å². The third-order valence-corrected chi connectivity index (χ3v) is 15.3. The summed E-state index contributed by atoms with van der Waals surface area (Å²) in [6.07, 6.45) is 3.34. The summed E-state index contributed by atoms with van der Waals surface area (Å²) in [7, 11) is 0. The number of fused-ring (bicyclic) bond motifs is 2. The van der Waals surface area contributed by atoms with E-state index in [2.05, 4.69) is 260 Å². The van der Waals surface area contributed by atoms with E-state index in [1.165, 1.54) is 66.8 Å². The van der Waals surface area contributed by atoms with Gasteiger partial charge in [0.25, 0.3) is 0 Å². The number of hydrogen-bond donors (Lipinski definition) is 0. The molecule has 2 heteroatoms. The lowest BCUT2D eigenvalue weighted by Crippen LogP contribution is -2.15. The van der Waals surface area contributed by atoms with Crippen LogP contribution >= 0.6 is 0 Å². The lowest BCUT2D eigenvalue weighted by molar-refractivity contribution is 0.477. The zero-order valence-corrected chi connectivity index (χ0v) is 42.8. The standard InChI is InChI=1S/C69H67NO/c1-9-46(6)50-22-30-54(31-23-50)58-36-57(53-28-20-49(21-29-53)45(4)5)38-61(39-58)63-42-64(44-65(43-63)70-66-16-12-14-18-68(66)71-69-19-15-13-17-67(69)70)62-40-59(55-32-24-51(25-33-55)47(7)10-2)37-60(41-62)56-34-26-52(27-35-56)48(8)11-3/h12-48H,9-11H2,1-8H3. The summed E-state index contributed by atoms with van der Waals surface area (Å²) in [6.45, 7) is 18.3. The maximum Gasteiger partial charge on any atom is 0.151 e. The molecule has 71 heavy (non-hydrogen) atoms. The van der Waals surface area contributed by atoms with Crippen LogP contribution in [0, 0.1) is 0 Å². The van der Waals surface area contributed by atoms with E-state index in [-0.39, 0.29) is 0 Å². The Morgan fingerprint density at radius 1 is 0.310 bits per heavy atom. The van der Waals surface area contributed by atoms with Gasteiger partial charge < -0.3 is 9.64 Å². The molecule has 0 fully saturated rings. The quantitative estimate of drug-likeness (QED) is 0.108. The Morgan fingerprint density at radius 2 is 0.577 bits per heavy atom. The predicted octanol–water partition coefficient (Wildman–Crippen LogP) is 20.9. The van der Waals surface area contributed by atoms with E-state index in [1.54, 1.807) is 0 Å². The van der Waals surface area contributed by atoms with Crippen LogP contribution in [-0.2, 0) is 0 Å². The number of nitrogens with zero attached hydrogens (tertiary/aromatic N) is 1. The van der Waals surface area contributed by atoms with Crippen LogP contribution < -0.4 is 9.64 Å². The van der Waals surface area contributed by atoms with Gasteiger partial charge in [0.2, 0.25) is 0 Å². The third-order valence-electron chi connectivity index (χ3n) is 15.3. The van der Waals surface area contributed by atoms with Crippen molar-refractivity contribution in [3.05, 3.63) is 222 Å². The van der Waals surface area contributed by atoms with Crippen LogP contribution in [0.15, 0.2) is 200 Å². The summed E-state index contributed by atoms with van der Waals surface area (Å²) in [4.78, 5) is 2.39. The highest BCUT2D eigenvalue weighted by molar-refractivity contribution is 5.92. The van der Waals surface area contributed by atoms with Crippen LogP contribution in [0.5, 0.6) is 11.5 Å². The fourth-order valence-corrected chi connectivity index (χ4v) is 10.1. The first-order valence-electron chi connectivity index (χ1n) is 26.1. The van der Waals surface area contributed by atoms with Crippen molar-refractivity contribution in [1.29, 1.82) is 0 Å². The topological polar surface area (TPSA) is 12.5 Å². The van der Waals surface area contributed by atoms with Crippen molar-refractivity contribution < 1.29 is 4.74 Å². The molecule has 0 saturated heterocycles. The second-order valence-electron chi connectivity index (χ2n) is 20.3. The maximum absolute atomic E-state index is 6.59. The van der Waals surface area contributed by atoms with Gasteiger partial charge in [-0.15, -0.1) is 0 Å². The van der Waals surface area contributed by atoms with Gasteiger partial charge in [-0.25, -0.2) is 0 Å². The average Bonchev–Trinajstić information content (AvgIpc) is 3.43. The Morgan fingerprint density at radius 3 is 0.873 bits per heavy atom. The predicted molar refractivity (Wildman–Crippen MR) is 304 cm³/mol. The van der Waals surface area contributed by atoms with Gasteiger partial charge >= 0.3 is 0 Å². The molecule has 0 radical (unpaired) electrons. The Labute approximate surface area is 423 Å². The largest absolute Gasteiger partial charge is 0.453 e. The number of anilines is 3. The maximum atomic E-state index is 6.59. The minimum atomic E-state index is 0.457. The van der Waals surface area contributed by atoms with E-state index in [0.717, 1.165) is 70.1 Å². The smallest absolute Gasteiger partial charge is 0.151 e. The average molecular weight is 926 g/mol. The second kappa shape index (κ2) is 20.5. The van der Waals surface area contributed by atoms with Gasteiger partial charge in [0.15, 0.2) is 11.5 Å². The fourth-order valence-electron chi connectivity index (χ4n) is 10.1. The number of rotatable bonds is 14. The van der Waals surface area contributed by atoms with Gasteiger partial charge in [-0.1, -0.05) is 177 Å². The molecule has 3 atom stereocenters. The van der Waals surface area contributed by atoms with E-state index in [4.69, 9.17) is 4.74 Å². The summed E-state index contributed by atoms with van der Waals surface area (Å²) in [5.41, 5.74) is 22.8. The highest BCUT2D eigenvalue weighted by Crippen LogP contribution is 2.52. The molecule has 9 aromatic rings. The molecule has 9 aromatic carbocycles. The third kappa shape index (κ3) is 9.87. The zero-order chi connectivity index (χ0) is 49.2. The Hall–Kier alpha value is -7.42. The highest BCUT2D eigenvalue weighted by Gasteiger charge is 2.27. The van der Waals surface area contributed by atoms with E-state index >= 15 is 0 Å². The molecule has 0 bridgehead atoms. The fraction of sp³-hybridized carbons (Fsp3) is 0.217. The van der Waals surface area contributed by atoms with Gasteiger partial charge in [-0.3, -0.25) is 0 Å². The van der Waals surface area contributed by atoms with Crippen LogP contribution in [0.3, 0.4) is 0 Å². The molecule has 0 aromatic heterocycles. The van der Waals surface area contributed by atoms with Crippen molar-refractivity contribution in [3.63, 3.8) is 0 Å². The van der Waals surface area contributed by atoms with Crippen molar-refractivity contribution >= 4 is 17.1 Å². The molecule has 3 unspecified atom stereocenters. The zero-order valence-electron chi connectivity index (χ0n) is 42.8. The van der Waals surface area contributed by atoms with Crippen molar-refractivity contribution in [3.8, 4) is 78.3 Å². The summed E-state index contributed by atoms with van der Waals surface area (Å²) < 4.78 is 6.59. The van der Waals surface area contributed by atoms with Crippen molar-refractivity contribution in [1.82, 2.24) is 0 Å². The van der Waals surface area contributed by atoms with Crippen LogP contribution in [0.4, 0.5) is 17.1 Å². The molecular weight excluding hydrogens is 859 g/mol. The number of para-hydroxylation sites is 4. The normalized spacial score (nSPS) is 13.3. The lowest BCUT2D eigenvalue weighted by Gasteiger charge is -2.33. The second-order valence-corrected chi connectivity index (χ2v) is 20.3. The van der Waals surface area contributed by atoms with Gasteiger partial charge in [-0.2, -0.15) is 0 Å². The lowest BCUT2D eigenvalue weighted by atomic mass is 9.88. The first-order valence-corrected chi connectivity index (χ1v) is 26.1. The number of hydrogen-bond acceptors (Lipinski definition) is 2. The molecule has 1 aliphatic heterocycles. The molecule has 0 amide bonds. The molecular formula is C69H67NO. The van der Waals surface area contributed by atoms with Crippen molar-refractivity contribution in [2.75, 3.05) is 4.90 Å². The summed E-state index contributed by atoms with van der Waals surface area (Å²) >= 11 is 0. The molecule has 0 saturated carbocycles. The molecule has 0 aliphatic carbocycles. The minimum absolute atomic E-state index is 0.457. The van der Waals surface area contributed by atoms with Crippen molar-refractivity contribution in [2.24, 2.45) is 0 Å². The number of benzene rings is 9. The molecule has 0 N–H and O–H groups in total. The first kappa shape index (κ1) is 47.3. The van der Waals surface area contributed by atoms with Crippen molar-refractivity contribution in [2.45, 2.75) is 98.3 Å². The Kier molecular flexibility index (Phi) is 13.7. The minimum Gasteiger partial charge on any atom is -0.453 e. The molecule has 2 nitrogen and oxygen atoms in total. The van der Waals surface area contributed by atoms with Crippen LogP contribution in [0.1, 0.15) is 121 Å².